The zero-order chi connectivity index (χ0) is 26.9. The van der Waals surface area contributed by atoms with E-state index in [1.165, 1.54) is 0 Å². The number of ether oxygens (including phenoxy) is 1. The number of carbonyl (C=O) groups is 2. The Labute approximate surface area is 219 Å². The molecule has 0 aliphatic heterocycles. The molecule has 190 valence electrons. The molecular formula is C30H25N3O5. The van der Waals surface area contributed by atoms with Crippen LogP contribution in [0.4, 0.5) is 10.5 Å². The highest BCUT2D eigenvalue weighted by Crippen LogP contribution is 2.48. The highest BCUT2D eigenvalue weighted by molar-refractivity contribution is 5.91. The lowest BCUT2D eigenvalue weighted by molar-refractivity contribution is -0.140. The van der Waals surface area contributed by atoms with Crippen LogP contribution in [-0.4, -0.2) is 22.3 Å². The molecule has 1 saturated carbocycles. The summed E-state index contributed by atoms with van der Waals surface area (Å²) in [5.41, 5.74) is 4.68. The van der Waals surface area contributed by atoms with Gasteiger partial charge in [0.15, 0.2) is 5.76 Å². The fourth-order valence-electron chi connectivity index (χ4n) is 4.58. The second kappa shape index (κ2) is 9.87. The minimum atomic E-state index is -0.771. The number of nitrogens with zero attached hydrogens (tertiary/aromatic N) is 2. The first-order valence-electron chi connectivity index (χ1n) is 12.2. The van der Waals surface area contributed by atoms with E-state index < -0.39 is 23.6 Å². The predicted molar refractivity (Wildman–Crippen MR) is 140 cm³/mol. The SMILES string of the molecule is Cc1onc(-c2ccc(-c3ccc(C4(C(=O)O)CC4)cc3)cc2)c1NC(=O)OC(C)c1ccccc1C#N. The summed E-state index contributed by atoms with van der Waals surface area (Å²) in [5.74, 6) is -0.346. The molecule has 1 amide bonds. The Kier molecular flexibility index (Phi) is 6.43. The van der Waals surface area contributed by atoms with Crippen molar-refractivity contribution in [2.45, 2.75) is 38.2 Å². The number of benzene rings is 3. The molecular weight excluding hydrogens is 482 g/mol. The van der Waals surface area contributed by atoms with Crippen LogP contribution >= 0.6 is 0 Å². The van der Waals surface area contributed by atoms with E-state index in [0.29, 0.717) is 41.1 Å². The van der Waals surface area contributed by atoms with Crippen LogP contribution in [0, 0.1) is 18.3 Å². The van der Waals surface area contributed by atoms with Gasteiger partial charge >= 0.3 is 12.1 Å². The van der Waals surface area contributed by atoms with Crippen LogP contribution < -0.4 is 5.32 Å². The average Bonchev–Trinajstić information content (AvgIpc) is 3.68. The van der Waals surface area contributed by atoms with Gasteiger partial charge in [0.1, 0.15) is 17.5 Å². The number of aliphatic carboxylic acids is 1. The van der Waals surface area contributed by atoms with E-state index in [1.807, 2.05) is 48.5 Å². The number of hydrogen-bond donors (Lipinski definition) is 2. The van der Waals surface area contributed by atoms with Crippen molar-refractivity contribution in [2.24, 2.45) is 0 Å². The number of carboxylic acid groups (broad SMARTS) is 1. The fraction of sp³-hybridized carbons (Fsp3) is 0.200. The van der Waals surface area contributed by atoms with Gasteiger partial charge in [-0.1, -0.05) is 71.9 Å². The Morgan fingerprint density at radius 3 is 2.24 bits per heavy atom. The standard InChI is InChI=1S/C30H25N3O5/c1-18(25-6-4-3-5-23(25)17-31)37-29(36)32-26-19(2)38-33-27(26)22-9-7-20(8-10-22)21-11-13-24(14-12-21)30(15-16-30)28(34)35/h3-14,18H,15-16H2,1-2H3,(H,32,36)(H,34,35). The molecule has 38 heavy (non-hydrogen) atoms. The Balaban J connectivity index is 1.30. The number of amides is 1. The maximum absolute atomic E-state index is 12.7. The van der Waals surface area contributed by atoms with Crippen molar-refractivity contribution < 1.29 is 24.0 Å². The third kappa shape index (κ3) is 4.62. The van der Waals surface area contributed by atoms with Crippen molar-refractivity contribution in [3.63, 3.8) is 0 Å². The molecule has 2 N–H and O–H groups in total. The number of anilines is 1. The molecule has 8 nitrogen and oxygen atoms in total. The minimum Gasteiger partial charge on any atom is -0.481 e. The zero-order valence-electron chi connectivity index (χ0n) is 20.9. The highest BCUT2D eigenvalue weighted by atomic mass is 16.6. The van der Waals surface area contributed by atoms with Crippen molar-refractivity contribution in [3.05, 3.63) is 95.2 Å². The van der Waals surface area contributed by atoms with Crippen LogP contribution in [0.5, 0.6) is 0 Å². The Morgan fingerprint density at radius 2 is 1.63 bits per heavy atom. The van der Waals surface area contributed by atoms with E-state index in [4.69, 9.17) is 9.26 Å². The van der Waals surface area contributed by atoms with Crippen molar-refractivity contribution in [2.75, 3.05) is 5.32 Å². The number of nitrogens with one attached hydrogen (secondary N) is 1. The first-order valence-corrected chi connectivity index (χ1v) is 12.2. The topological polar surface area (TPSA) is 125 Å². The summed E-state index contributed by atoms with van der Waals surface area (Å²) in [6.07, 6.45) is 0.0159. The number of hydrogen-bond acceptors (Lipinski definition) is 6. The van der Waals surface area contributed by atoms with Crippen molar-refractivity contribution in [1.82, 2.24) is 5.16 Å². The summed E-state index contributed by atoms with van der Waals surface area (Å²) in [6, 6.07) is 24.3. The molecule has 0 spiro atoms. The second-order valence-electron chi connectivity index (χ2n) is 9.38. The maximum Gasteiger partial charge on any atom is 0.412 e. The van der Waals surface area contributed by atoms with Crippen LogP contribution in [-0.2, 0) is 14.9 Å². The molecule has 0 radical (unpaired) electrons. The summed E-state index contributed by atoms with van der Waals surface area (Å²) in [5, 5.41) is 25.7. The molecule has 1 aliphatic rings. The van der Waals surface area contributed by atoms with Crippen molar-refractivity contribution >= 4 is 17.7 Å². The first-order chi connectivity index (χ1) is 18.3. The highest BCUT2D eigenvalue weighted by Gasteiger charge is 2.51. The van der Waals surface area contributed by atoms with Gasteiger partial charge in [-0.3, -0.25) is 10.1 Å². The normalized spacial score (nSPS) is 14.2. The zero-order valence-corrected chi connectivity index (χ0v) is 20.9. The summed E-state index contributed by atoms with van der Waals surface area (Å²) in [6.45, 7) is 3.40. The van der Waals surface area contributed by atoms with E-state index in [0.717, 1.165) is 22.3 Å². The van der Waals surface area contributed by atoms with E-state index >= 15 is 0 Å². The molecule has 1 atom stereocenters. The van der Waals surface area contributed by atoms with Crippen LogP contribution in [0.2, 0.25) is 0 Å². The van der Waals surface area contributed by atoms with Gasteiger partial charge in [0, 0.05) is 11.1 Å². The van der Waals surface area contributed by atoms with Gasteiger partial charge in [0.05, 0.1) is 17.0 Å². The smallest absolute Gasteiger partial charge is 0.412 e. The lowest BCUT2D eigenvalue weighted by Gasteiger charge is -2.15. The monoisotopic (exact) mass is 507 g/mol. The molecule has 3 aromatic carbocycles. The molecule has 1 fully saturated rings. The van der Waals surface area contributed by atoms with Gasteiger partial charge < -0.3 is 14.4 Å². The number of aryl methyl sites for hydroxylation is 1. The van der Waals surface area contributed by atoms with Gasteiger partial charge in [-0.05, 0) is 49.4 Å². The largest absolute Gasteiger partial charge is 0.481 e. The summed E-state index contributed by atoms with van der Waals surface area (Å²) >= 11 is 0. The lowest BCUT2D eigenvalue weighted by atomic mass is 9.93. The van der Waals surface area contributed by atoms with Gasteiger partial charge in [0.25, 0.3) is 0 Å². The third-order valence-electron chi connectivity index (χ3n) is 6.98. The molecule has 1 aliphatic carbocycles. The second-order valence-corrected chi connectivity index (χ2v) is 9.38. The summed E-state index contributed by atoms with van der Waals surface area (Å²) in [4.78, 5) is 24.3. The predicted octanol–water partition coefficient (Wildman–Crippen LogP) is 6.61. The van der Waals surface area contributed by atoms with Crippen LogP contribution in [0.15, 0.2) is 77.3 Å². The minimum absolute atomic E-state index is 0.399. The summed E-state index contributed by atoms with van der Waals surface area (Å²) in [7, 11) is 0. The molecule has 1 unspecified atom stereocenters. The Bertz CT molecular complexity index is 1540. The number of nitriles is 1. The lowest BCUT2D eigenvalue weighted by Crippen LogP contribution is -2.19. The van der Waals surface area contributed by atoms with Crippen molar-refractivity contribution in [3.8, 4) is 28.5 Å². The van der Waals surface area contributed by atoms with Gasteiger partial charge in [-0.15, -0.1) is 0 Å². The number of rotatable bonds is 7. The quantitative estimate of drug-likeness (QED) is 0.288. The van der Waals surface area contributed by atoms with Crippen LogP contribution in [0.3, 0.4) is 0 Å². The average molecular weight is 508 g/mol. The molecule has 0 saturated heterocycles. The molecule has 5 rings (SSSR count). The van der Waals surface area contributed by atoms with E-state index in [2.05, 4.69) is 16.5 Å². The van der Waals surface area contributed by atoms with Crippen LogP contribution in [0.25, 0.3) is 22.4 Å². The van der Waals surface area contributed by atoms with E-state index in [1.54, 1.807) is 38.1 Å². The van der Waals surface area contributed by atoms with Gasteiger partial charge in [-0.25, -0.2) is 4.79 Å². The molecule has 1 aromatic heterocycles. The Morgan fingerprint density at radius 1 is 1.03 bits per heavy atom. The summed E-state index contributed by atoms with van der Waals surface area (Å²) < 4.78 is 10.9. The fourth-order valence-corrected chi connectivity index (χ4v) is 4.58. The van der Waals surface area contributed by atoms with Gasteiger partial charge in [0.2, 0.25) is 0 Å². The number of carbonyl (C=O) groups excluding carboxylic acids is 1. The van der Waals surface area contributed by atoms with Crippen molar-refractivity contribution in [1.29, 1.82) is 5.26 Å². The van der Waals surface area contributed by atoms with E-state index in [-0.39, 0.29) is 0 Å². The van der Waals surface area contributed by atoms with E-state index in [9.17, 15) is 20.0 Å². The maximum atomic E-state index is 12.7. The molecule has 1 heterocycles. The molecule has 0 bridgehead atoms. The molecule has 4 aromatic rings. The number of aromatic nitrogens is 1. The van der Waals surface area contributed by atoms with Crippen LogP contribution in [0.1, 0.15) is 48.3 Å². The Hall–Kier alpha value is -4.90. The first kappa shape index (κ1) is 24.8. The number of carboxylic acids is 1. The molecule has 8 heteroatoms. The third-order valence-corrected chi connectivity index (χ3v) is 6.98. The van der Waals surface area contributed by atoms with Gasteiger partial charge in [-0.2, -0.15) is 5.26 Å².